The van der Waals surface area contributed by atoms with Gasteiger partial charge in [0.15, 0.2) is 5.84 Å². The van der Waals surface area contributed by atoms with E-state index in [0.717, 1.165) is 32.7 Å². The molecule has 1 aromatic rings. The number of nitrogens with two attached hydrogens (primary N) is 1. The summed E-state index contributed by atoms with van der Waals surface area (Å²) in [7, 11) is 0. The lowest BCUT2D eigenvalue weighted by atomic mass is 10.2. The van der Waals surface area contributed by atoms with Gasteiger partial charge in [0.05, 0.1) is 6.04 Å². The highest BCUT2D eigenvalue weighted by Crippen LogP contribution is 2.14. The van der Waals surface area contributed by atoms with Crippen molar-refractivity contribution >= 4 is 17.2 Å². The normalized spacial score (nSPS) is 21.1. The van der Waals surface area contributed by atoms with E-state index in [1.165, 1.54) is 4.88 Å². The van der Waals surface area contributed by atoms with Gasteiger partial charge in [0.1, 0.15) is 0 Å². The van der Waals surface area contributed by atoms with Crippen LogP contribution in [0, 0.1) is 0 Å². The number of rotatable bonds is 4. The Labute approximate surface area is 111 Å². The van der Waals surface area contributed by atoms with Gasteiger partial charge in [-0.3, -0.25) is 9.80 Å². The molecule has 2 heterocycles. The third-order valence-corrected chi connectivity index (χ3v) is 4.32. The van der Waals surface area contributed by atoms with Crippen molar-refractivity contribution in [3.05, 3.63) is 22.4 Å². The molecule has 3 N–H and O–H groups in total. The van der Waals surface area contributed by atoms with E-state index in [1.807, 2.05) is 6.92 Å². The summed E-state index contributed by atoms with van der Waals surface area (Å²) in [5.74, 6) is 0.293. The van der Waals surface area contributed by atoms with Gasteiger partial charge in [0, 0.05) is 37.6 Å². The van der Waals surface area contributed by atoms with Crippen LogP contribution in [0.5, 0.6) is 0 Å². The van der Waals surface area contributed by atoms with Gasteiger partial charge < -0.3 is 10.9 Å². The van der Waals surface area contributed by atoms with Gasteiger partial charge in [0.25, 0.3) is 0 Å². The Morgan fingerprint density at radius 2 is 2.22 bits per heavy atom. The molecule has 0 amide bonds. The van der Waals surface area contributed by atoms with E-state index in [-0.39, 0.29) is 6.04 Å². The summed E-state index contributed by atoms with van der Waals surface area (Å²) in [6.07, 6.45) is 0. The SMILES string of the molecule is CC(/C(N)=N/O)N1CCN(Cc2cccs2)CC1. The molecule has 100 valence electrons. The topological polar surface area (TPSA) is 65.1 Å². The average molecular weight is 268 g/mol. The van der Waals surface area contributed by atoms with E-state index in [2.05, 4.69) is 32.5 Å². The van der Waals surface area contributed by atoms with Gasteiger partial charge in [-0.25, -0.2) is 0 Å². The van der Waals surface area contributed by atoms with Gasteiger partial charge in [-0.05, 0) is 18.4 Å². The lowest BCUT2D eigenvalue weighted by Gasteiger charge is -2.37. The molecular weight excluding hydrogens is 248 g/mol. The van der Waals surface area contributed by atoms with Gasteiger partial charge in [-0.15, -0.1) is 11.3 Å². The van der Waals surface area contributed by atoms with Crippen LogP contribution < -0.4 is 5.73 Å². The standard InChI is InChI=1S/C12H20N4OS/c1-10(12(13)14-17)16-6-4-15(5-7-16)9-11-3-2-8-18-11/h2-3,8,10,17H,4-7,9H2,1H3,(H2,13,14). The van der Waals surface area contributed by atoms with E-state index in [0.29, 0.717) is 5.84 Å². The summed E-state index contributed by atoms with van der Waals surface area (Å²) in [5, 5.41) is 13.9. The molecule has 1 aromatic heterocycles. The van der Waals surface area contributed by atoms with Crippen molar-refractivity contribution in [1.82, 2.24) is 9.80 Å². The Morgan fingerprint density at radius 1 is 1.50 bits per heavy atom. The highest BCUT2D eigenvalue weighted by molar-refractivity contribution is 7.09. The Morgan fingerprint density at radius 3 is 2.78 bits per heavy atom. The number of piperazine rings is 1. The molecule has 2 rings (SSSR count). The van der Waals surface area contributed by atoms with Crippen LogP contribution in [0.1, 0.15) is 11.8 Å². The molecule has 0 aromatic carbocycles. The molecule has 1 fully saturated rings. The first-order valence-corrected chi connectivity index (χ1v) is 7.05. The largest absolute Gasteiger partial charge is 0.409 e. The number of nitrogens with zero attached hydrogens (tertiary/aromatic N) is 3. The second kappa shape index (κ2) is 6.17. The van der Waals surface area contributed by atoms with Crippen molar-refractivity contribution in [3.63, 3.8) is 0 Å². The smallest absolute Gasteiger partial charge is 0.156 e. The predicted molar refractivity (Wildman–Crippen MR) is 74.0 cm³/mol. The van der Waals surface area contributed by atoms with Gasteiger partial charge in [0.2, 0.25) is 0 Å². The molecule has 18 heavy (non-hydrogen) atoms. The fourth-order valence-corrected chi connectivity index (χ4v) is 2.95. The first kappa shape index (κ1) is 13.3. The van der Waals surface area contributed by atoms with Crippen molar-refractivity contribution in [2.45, 2.75) is 19.5 Å². The lowest BCUT2D eigenvalue weighted by molar-refractivity contribution is 0.117. The molecule has 0 bridgehead atoms. The maximum Gasteiger partial charge on any atom is 0.156 e. The van der Waals surface area contributed by atoms with Crippen molar-refractivity contribution in [2.24, 2.45) is 10.9 Å². The van der Waals surface area contributed by atoms with Crippen LogP contribution in [0.4, 0.5) is 0 Å². The Kier molecular flexibility index (Phi) is 4.57. The van der Waals surface area contributed by atoms with E-state index in [1.54, 1.807) is 11.3 Å². The minimum absolute atomic E-state index is 0.0129. The van der Waals surface area contributed by atoms with Gasteiger partial charge in [-0.2, -0.15) is 0 Å². The summed E-state index contributed by atoms with van der Waals surface area (Å²) in [6.45, 7) is 6.99. The van der Waals surface area contributed by atoms with E-state index < -0.39 is 0 Å². The molecule has 1 unspecified atom stereocenters. The summed E-state index contributed by atoms with van der Waals surface area (Å²) >= 11 is 1.80. The zero-order valence-electron chi connectivity index (χ0n) is 10.6. The zero-order chi connectivity index (χ0) is 13.0. The molecule has 1 aliphatic heterocycles. The summed E-state index contributed by atoms with van der Waals surface area (Å²) in [5.41, 5.74) is 5.64. The first-order chi connectivity index (χ1) is 8.70. The molecule has 0 radical (unpaired) electrons. The second-order valence-corrected chi connectivity index (χ2v) is 5.62. The van der Waals surface area contributed by atoms with Gasteiger partial charge in [-0.1, -0.05) is 11.2 Å². The average Bonchev–Trinajstić information content (AvgIpc) is 2.91. The maximum absolute atomic E-state index is 8.69. The van der Waals surface area contributed by atoms with Gasteiger partial charge >= 0.3 is 0 Å². The third-order valence-electron chi connectivity index (χ3n) is 3.46. The Hall–Kier alpha value is -1.11. The van der Waals surface area contributed by atoms with Crippen LogP contribution >= 0.6 is 11.3 Å². The van der Waals surface area contributed by atoms with Crippen LogP contribution in [-0.4, -0.2) is 53.1 Å². The number of hydrogen-bond acceptors (Lipinski definition) is 5. The van der Waals surface area contributed by atoms with E-state index >= 15 is 0 Å². The highest BCUT2D eigenvalue weighted by Gasteiger charge is 2.23. The second-order valence-electron chi connectivity index (χ2n) is 4.59. The molecule has 5 nitrogen and oxygen atoms in total. The molecular formula is C12H20N4OS. The molecule has 0 spiro atoms. The summed E-state index contributed by atoms with van der Waals surface area (Å²) in [6, 6.07) is 4.28. The van der Waals surface area contributed by atoms with Crippen LogP contribution in [0.3, 0.4) is 0 Å². The van der Waals surface area contributed by atoms with Crippen LogP contribution in [0.25, 0.3) is 0 Å². The number of amidine groups is 1. The molecule has 1 aliphatic rings. The predicted octanol–water partition coefficient (Wildman–Crippen LogP) is 1.00. The molecule has 1 atom stereocenters. The number of thiophene rings is 1. The maximum atomic E-state index is 8.69. The third kappa shape index (κ3) is 3.22. The minimum atomic E-state index is 0.0129. The fraction of sp³-hybridized carbons (Fsp3) is 0.583. The summed E-state index contributed by atoms with van der Waals surface area (Å²) in [4.78, 5) is 6.11. The van der Waals surface area contributed by atoms with E-state index in [4.69, 9.17) is 10.9 Å². The number of oxime groups is 1. The van der Waals surface area contributed by atoms with Crippen molar-refractivity contribution in [1.29, 1.82) is 0 Å². The fourth-order valence-electron chi connectivity index (χ4n) is 2.20. The number of hydrogen-bond donors (Lipinski definition) is 2. The molecule has 0 aliphatic carbocycles. The Balaban J connectivity index is 1.81. The van der Waals surface area contributed by atoms with Crippen LogP contribution in [0.15, 0.2) is 22.7 Å². The van der Waals surface area contributed by atoms with E-state index in [9.17, 15) is 0 Å². The van der Waals surface area contributed by atoms with Crippen molar-refractivity contribution < 1.29 is 5.21 Å². The molecule has 6 heteroatoms. The summed E-state index contributed by atoms with van der Waals surface area (Å²) < 4.78 is 0. The lowest BCUT2D eigenvalue weighted by Crippen LogP contribution is -2.52. The zero-order valence-corrected chi connectivity index (χ0v) is 11.4. The van der Waals surface area contributed by atoms with Crippen LogP contribution in [0.2, 0.25) is 0 Å². The monoisotopic (exact) mass is 268 g/mol. The highest BCUT2D eigenvalue weighted by atomic mass is 32.1. The Bertz CT molecular complexity index is 385. The van der Waals surface area contributed by atoms with Crippen molar-refractivity contribution in [3.8, 4) is 0 Å². The quantitative estimate of drug-likeness (QED) is 0.370. The molecule has 1 saturated heterocycles. The first-order valence-electron chi connectivity index (χ1n) is 6.17. The molecule has 0 saturated carbocycles. The minimum Gasteiger partial charge on any atom is -0.409 e. The van der Waals surface area contributed by atoms with Crippen LogP contribution in [-0.2, 0) is 6.54 Å². The van der Waals surface area contributed by atoms with Crippen molar-refractivity contribution in [2.75, 3.05) is 26.2 Å².